The second-order valence-electron chi connectivity index (χ2n) is 3.82. The predicted octanol–water partition coefficient (Wildman–Crippen LogP) is 3.38. The molecule has 1 rings (SSSR count). The Morgan fingerprint density at radius 3 is 2.50 bits per heavy atom. The third-order valence-corrected chi connectivity index (χ3v) is 4.28. The lowest BCUT2D eigenvalue weighted by molar-refractivity contribution is 0.609. The first-order valence-electron chi connectivity index (χ1n) is 5.50. The molecular weight excluding hydrogens is 240 g/mol. The molecule has 0 fully saturated rings. The van der Waals surface area contributed by atoms with E-state index in [0.717, 1.165) is 10.8 Å². The van der Waals surface area contributed by atoms with Gasteiger partial charge in [-0.1, -0.05) is 37.6 Å². The van der Waals surface area contributed by atoms with Crippen molar-refractivity contribution in [3.05, 3.63) is 34.9 Å². The van der Waals surface area contributed by atoms with Crippen LogP contribution in [0.2, 0.25) is 5.02 Å². The van der Waals surface area contributed by atoms with Crippen LogP contribution in [0.25, 0.3) is 0 Å². The molecule has 0 radical (unpaired) electrons. The van der Waals surface area contributed by atoms with Crippen molar-refractivity contribution in [3.8, 4) is 0 Å². The van der Waals surface area contributed by atoms with Crippen LogP contribution in [0, 0.1) is 0 Å². The summed E-state index contributed by atoms with van der Waals surface area (Å²) < 4.78 is 0. The molecule has 0 amide bonds. The van der Waals surface area contributed by atoms with Gasteiger partial charge in [0.05, 0.1) is 6.04 Å². The zero-order valence-electron chi connectivity index (χ0n) is 9.74. The number of nitrogens with one attached hydrogen (secondary N) is 1. The highest BCUT2D eigenvalue weighted by Crippen LogP contribution is 2.23. The number of hydrogen-bond acceptors (Lipinski definition) is 3. The summed E-state index contributed by atoms with van der Waals surface area (Å²) in [5, 5.41) is 1.43. The first kappa shape index (κ1) is 13.8. The average molecular weight is 259 g/mol. The molecule has 16 heavy (non-hydrogen) atoms. The van der Waals surface area contributed by atoms with Crippen LogP contribution in [0.15, 0.2) is 24.3 Å². The van der Waals surface area contributed by atoms with Gasteiger partial charge in [0, 0.05) is 16.0 Å². The molecule has 0 aromatic heterocycles. The van der Waals surface area contributed by atoms with E-state index < -0.39 is 0 Å². The van der Waals surface area contributed by atoms with Gasteiger partial charge in [0.25, 0.3) is 0 Å². The van der Waals surface area contributed by atoms with Crippen LogP contribution >= 0.6 is 23.4 Å². The van der Waals surface area contributed by atoms with Gasteiger partial charge < -0.3 is 0 Å². The summed E-state index contributed by atoms with van der Waals surface area (Å²) in [6.07, 6.45) is 1.18. The fraction of sp³-hybridized carbons (Fsp3) is 0.500. The Bertz CT molecular complexity index is 302. The van der Waals surface area contributed by atoms with Crippen molar-refractivity contribution in [2.75, 3.05) is 5.75 Å². The molecule has 90 valence electrons. The quantitative estimate of drug-likeness (QED) is 0.607. The van der Waals surface area contributed by atoms with Crippen LogP contribution < -0.4 is 11.3 Å². The lowest BCUT2D eigenvalue weighted by atomic mass is 10.1. The molecule has 3 N–H and O–H groups in total. The molecule has 4 heteroatoms. The van der Waals surface area contributed by atoms with Crippen molar-refractivity contribution < 1.29 is 0 Å². The minimum atomic E-state index is 0.191. The fourth-order valence-corrected chi connectivity index (χ4v) is 2.49. The average Bonchev–Trinajstić information content (AvgIpc) is 2.31. The molecule has 0 aliphatic carbocycles. The maximum absolute atomic E-state index is 5.85. The molecule has 2 nitrogen and oxygen atoms in total. The number of rotatable bonds is 6. The normalized spacial score (nSPS) is 14.8. The van der Waals surface area contributed by atoms with E-state index in [2.05, 4.69) is 19.3 Å². The number of nitrogens with two attached hydrogens (primary N) is 1. The van der Waals surface area contributed by atoms with Gasteiger partial charge in [-0.05, 0) is 24.1 Å². The number of hydrazine groups is 1. The van der Waals surface area contributed by atoms with Crippen LogP contribution in [0.5, 0.6) is 0 Å². The Kier molecular flexibility index (Phi) is 6.21. The smallest absolute Gasteiger partial charge is 0.0550 e. The summed E-state index contributed by atoms with van der Waals surface area (Å²) in [5.41, 5.74) is 4.04. The first-order chi connectivity index (χ1) is 7.67. The third kappa shape index (κ3) is 4.34. The lowest BCUT2D eigenvalue weighted by Crippen LogP contribution is -2.30. The topological polar surface area (TPSA) is 38.0 Å². The maximum Gasteiger partial charge on any atom is 0.0550 e. The van der Waals surface area contributed by atoms with Crippen LogP contribution in [0.3, 0.4) is 0 Å². The summed E-state index contributed by atoms with van der Waals surface area (Å²) in [5.74, 6) is 6.55. The monoisotopic (exact) mass is 258 g/mol. The number of halogens is 1. The van der Waals surface area contributed by atoms with Crippen molar-refractivity contribution in [3.63, 3.8) is 0 Å². The van der Waals surface area contributed by atoms with Gasteiger partial charge in [-0.25, -0.2) is 0 Å². The molecular formula is C12H19ClN2S. The summed E-state index contributed by atoms with van der Waals surface area (Å²) in [6, 6.07) is 8.02. The van der Waals surface area contributed by atoms with Crippen LogP contribution in [-0.4, -0.2) is 11.0 Å². The van der Waals surface area contributed by atoms with Gasteiger partial charge in [0.1, 0.15) is 0 Å². The van der Waals surface area contributed by atoms with E-state index in [1.165, 1.54) is 12.0 Å². The van der Waals surface area contributed by atoms with E-state index >= 15 is 0 Å². The zero-order valence-corrected chi connectivity index (χ0v) is 11.3. The van der Waals surface area contributed by atoms with Gasteiger partial charge in [-0.3, -0.25) is 11.3 Å². The van der Waals surface area contributed by atoms with Crippen molar-refractivity contribution in [1.82, 2.24) is 5.43 Å². The fourth-order valence-electron chi connectivity index (χ4n) is 1.31. The second-order valence-corrected chi connectivity index (χ2v) is 5.73. The lowest BCUT2D eigenvalue weighted by Gasteiger charge is -2.18. The Morgan fingerprint density at radius 1 is 1.38 bits per heavy atom. The van der Waals surface area contributed by atoms with Gasteiger partial charge in [0.2, 0.25) is 0 Å². The van der Waals surface area contributed by atoms with Crippen molar-refractivity contribution in [2.45, 2.75) is 31.6 Å². The summed E-state index contributed by atoms with van der Waals surface area (Å²) >= 11 is 7.79. The predicted molar refractivity (Wildman–Crippen MR) is 73.7 cm³/mol. The highest BCUT2D eigenvalue weighted by Gasteiger charge is 2.11. The first-order valence-corrected chi connectivity index (χ1v) is 6.93. The Hall–Kier alpha value is -0.220. The van der Waals surface area contributed by atoms with Crippen LogP contribution in [0.4, 0.5) is 0 Å². The number of hydrogen-bond donors (Lipinski definition) is 2. The van der Waals surface area contributed by atoms with E-state index in [4.69, 9.17) is 17.4 Å². The Morgan fingerprint density at radius 2 is 2.00 bits per heavy atom. The highest BCUT2D eigenvalue weighted by atomic mass is 35.5. The van der Waals surface area contributed by atoms with Gasteiger partial charge in [-0.15, -0.1) is 0 Å². The van der Waals surface area contributed by atoms with E-state index in [0.29, 0.717) is 5.25 Å². The third-order valence-electron chi connectivity index (χ3n) is 2.60. The number of benzene rings is 1. The molecule has 0 saturated carbocycles. The summed E-state index contributed by atoms with van der Waals surface area (Å²) in [4.78, 5) is 0. The highest BCUT2D eigenvalue weighted by molar-refractivity contribution is 7.99. The molecule has 0 bridgehead atoms. The molecule has 2 atom stereocenters. The molecule has 0 saturated heterocycles. The van der Waals surface area contributed by atoms with Crippen LogP contribution in [0.1, 0.15) is 31.9 Å². The Labute approximate surface area is 107 Å². The van der Waals surface area contributed by atoms with E-state index in [-0.39, 0.29) is 6.04 Å². The maximum atomic E-state index is 5.85. The minimum absolute atomic E-state index is 0.191. The largest absolute Gasteiger partial charge is 0.271 e. The SMILES string of the molecule is CCC(C)SCC(NN)c1ccc(Cl)cc1. The van der Waals surface area contributed by atoms with Crippen molar-refractivity contribution in [2.24, 2.45) is 5.84 Å². The van der Waals surface area contributed by atoms with Gasteiger partial charge in [-0.2, -0.15) is 11.8 Å². The standard InChI is InChI=1S/C12H19ClN2S/c1-3-9(2)16-8-12(15-14)10-4-6-11(13)7-5-10/h4-7,9,12,15H,3,8,14H2,1-2H3. The Balaban J connectivity index is 2.57. The molecule has 0 heterocycles. The molecule has 1 aromatic rings. The number of thioether (sulfide) groups is 1. The molecule has 0 aliphatic rings. The zero-order chi connectivity index (χ0) is 12.0. The summed E-state index contributed by atoms with van der Waals surface area (Å²) in [7, 11) is 0. The van der Waals surface area contributed by atoms with Crippen molar-refractivity contribution in [1.29, 1.82) is 0 Å². The second kappa shape index (κ2) is 7.17. The summed E-state index contributed by atoms with van der Waals surface area (Å²) in [6.45, 7) is 4.44. The van der Waals surface area contributed by atoms with E-state index in [1.807, 2.05) is 36.0 Å². The minimum Gasteiger partial charge on any atom is -0.271 e. The molecule has 1 aromatic carbocycles. The van der Waals surface area contributed by atoms with Crippen molar-refractivity contribution >= 4 is 23.4 Å². The molecule has 2 unspecified atom stereocenters. The van der Waals surface area contributed by atoms with E-state index in [1.54, 1.807) is 0 Å². The van der Waals surface area contributed by atoms with E-state index in [9.17, 15) is 0 Å². The van der Waals surface area contributed by atoms with Gasteiger partial charge in [0.15, 0.2) is 0 Å². The van der Waals surface area contributed by atoms with Gasteiger partial charge >= 0.3 is 0 Å². The molecule has 0 spiro atoms. The molecule has 0 aliphatic heterocycles. The van der Waals surface area contributed by atoms with Crippen LogP contribution in [-0.2, 0) is 0 Å².